The minimum Gasteiger partial charge on any atom is -0.870 e. The molecule has 4 atom stereocenters. The third-order valence-corrected chi connectivity index (χ3v) is 13.6. The van der Waals surface area contributed by atoms with Crippen LogP contribution in [0.5, 0.6) is 0 Å². The average molecular weight is 1030 g/mol. The van der Waals surface area contributed by atoms with Crippen LogP contribution in [0, 0.1) is 35.3 Å². The standard InChI is InChI=1S/C31H31FN2O3.C30H29FN2O3.Li.2H2O/c1-33(20-9-10-23-15-17-26(32)18-16-23)27-19-21-34(28(22-27)31(36)37-2)30(35)29(24-11-5-3-6-12-24)25-13-7-4-8-14-25;1-32(19-8-9-22-14-16-25(31)17-15-22)26-18-20-33(27(21-26)30(35)36)29(34)28(23-10-4-2-5-11-23)24-12-6-3-7-13-24;;;/h3-8,11-18,27-29H,19-22H2,1-2H3;2-7,10-17,26-28H,18-21H2,1H3,(H,35,36);;2*1H2/q;;+1;;/p-1/t27-,28-;26-,27-;;;/m00.../s1. The molecule has 15 heteroatoms. The molecule has 0 spiro atoms. The third kappa shape index (κ3) is 16.3. The quantitative estimate of drug-likeness (QED) is 0.102. The summed E-state index contributed by atoms with van der Waals surface area (Å²) in [4.78, 5) is 60.4. The Hall–Kier alpha value is -7.38. The molecule has 0 aromatic heterocycles. The fourth-order valence-electron chi connectivity index (χ4n) is 9.54. The second-order valence-corrected chi connectivity index (χ2v) is 18.3. The molecule has 2 fully saturated rings. The van der Waals surface area contributed by atoms with Gasteiger partial charge in [-0.2, -0.15) is 0 Å². The number of methoxy groups -OCH3 is 1. The van der Waals surface area contributed by atoms with Crippen LogP contribution < -0.4 is 18.9 Å². The van der Waals surface area contributed by atoms with Crippen molar-refractivity contribution in [1.82, 2.24) is 19.6 Å². The zero-order valence-corrected chi connectivity index (χ0v) is 43.3. The maximum absolute atomic E-state index is 14.0. The van der Waals surface area contributed by atoms with Crippen molar-refractivity contribution in [2.75, 3.05) is 47.4 Å². The first-order valence-electron chi connectivity index (χ1n) is 24.4. The Morgan fingerprint density at radius 3 is 1.20 bits per heavy atom. The molecule has 12 nitrogen and oxygen atoms in total. The Bertz CT molecular complexity index is 2820. The fraction of sp³-hybridized carbons (Fsp3) is 0.279. The molecule has 76 heavy (non-hydrogen) atoms. The maximum Gasteiger partial charge on any atom is 1.00 e. The summed E-state index contributed by atoms with van der Waals surface area (Å²) < 4.78 is 31.3. The summed E-state index contributed by atoms with van der Waals surface area (Å²) in [6, 6.07) is 48.8. The van der Waals surface area contributed by atoms with Gasteiger partial charge in [0.15, 0.2) is 0 Å². The number of carbonyl (C=O) groups is 4. The molecule has 2 aliphatic heterocycles. The van der Waals surface area contributed by atoms with E-state index >= 15 is 0 Å². The van der Waals surface area contributed by atoms with Gasteiger partial charge in [-0.15, -0.1) is 0 Å². The summed E-state index contributed by atoms with van der Waals surface area (Å²) in [5, 5.41) is 10.1. The van der Waals surface area contributed by atoms with Gasteiger partial charge in [0.1, 0.15) is 23.7 Å². The topological polar surface area (TPSA) is 172 Å². The predicted molar refractivity (Wildman–Crippen MR) is 284 cm³/mol. The van der Waals surface area contributed by atoms with Gasteiger partial charge < -0.3 is 30.6 Å². The number of carboxylic acid groups (broad SMARTS) is 1. The van der Waals surface area contributed by atoms with Crippen LogP contribution in [0.15, 0.2) is 170 Å². The van der Waals surface area contributed by atoms with Gasteiger partial charge in [0, 0.05) is 36.3 Å². The summed E-state index contributed by atoms with van der Waals surface area (Å²) in [6.07, 6.45) is 2.15. The molecular formula is C61H63F2LiN4O8. The molecule has 0 aliphatic carbocycles. The first-order valence-corrected chi connectivity index (χ1v) is 24.4. The predicted octanol–water partition coefficient (Wildman–Crippen LogP) is 4.86. The average Bonchev–Trinajstić information content (AvgIpc) is 3.43. The number of nitrogens with zero attached hydrogens (tertiary/aromatic N) is 4. The van der Waals surface area contributed by atoms with Gasteiger partial charge in [0.2, 0.25) is 11.8 Å². The number of benzene rings is 6. The number of hydrogen-bond donors (Lipinski definition) is 1. The molecule has 390 valence electrons. The maximum atomic E-state index is 14.0. The first-order chi connectivity index (χ1) is 35.4. The van der Waals surface area contributed by atoms with Gasteiger partial charge >= 0.3 is 30.8 Å². The summed E-state index contributed by atoms with van der Waals surface area (Å²) in [7, 11) is 5.24. The second-order valence-electron chi connectivity index (χ2n) is 18.3. The van der Waals surface area contributed by atoms with Crippen LogP contribution in [0.4, 0.5) is 8.78 Å². The zero-order chi connectivity index (χ0) is 51.7. The SMILES string of the molecule is CN(CC#Cc1ccc(F)cc1)[C@H]1CCN(C(=O)C(c2ccccc2)c2ccccc2)[C@H](C(=O)O)C1.COC(=O)[C@@H]1C[C@@H](N(C)CC#Cc2ccc(F)cc2)CCN1C(=O)C(c1ccccc1)c1ccccc1.O.[Li+].[OH-]. The van der Waals surface area contributed by atoms with Crippen molar-refractivity contribution >= 4 is 23.8 Å². The molecule has 2 heterocycles. The largest absolute Gasteiger partial charge is 1.00 e. The Kier molecular flexibility index (Phi) is 24.3. The van der Waals surface area contributed by atoms with Gasteiger partial charge in [-0.05, 0) is 111 Å². The molecular weight excluding hydrogens is 962 g/mol. The van der Waals surface area contributed by atoms with E-state index in [0.29, 0.717) is 51.9 Å². The van der Waals surface area contributed by atoms with Gasteiger partial charge in [-0.3, -0.25) is 19.4 Å². The van der Waals surface area contributed by atoms with Crippen LogP contribution in [0.1, 0.15) is 70.9 Å². The number of halogens is 2. The number of amides is 2. The molecule has 6 aromatic rings. The van der Waals surface area contributed by atoms with E-state index in [2.05, 4.69) is 28.6 Å². The monoisotopic (exact) mass is 1020 g/mol. The Morgan fingerprint density at radius 2 is 0.882 bits per heavy atom. The summed E-state index contributed by atoms with van der Waals surface area (Å²) in [5.74, 6) is 8.89. The van der Waals surface area contributed by atoms with Gasteiger partial charge in [-0.1, -0.05) is 145 Å². The van der Waals surface area contributed by atoms with Crippen LogP contribution in [-0.4, -0.2) is 131 Å². The van der Waals surface area contributed by atoms with Gasteiger partial charge in [-0.25, -0.2) is 18.4 Å². The van der Waals surface area contributed by atoms with E-state index in [1.807, 2.05) is 140 Å². The summed E-state index contributed by atoms with van der Waals surface area (Å²) in [6.45, 7) is 1.72. The van der Waals surface area contributed by atoms with Crippen molar-refractivity contribution in [3.8, 4) is 23.7 Å². The Labute approximate surface area is 456 Å². The number of ether oxygens (including phenoxy) is 1. The molecule has 6 aromatic carbocycles. The number of likely N-dealkylation sites (tertiary alicyclic amines) is 2. The van der Waals surface area contributed by atoms with Crippen molar-refractivity contribution < 1.29 is 67.6 Å². The minimum atomic E-state index is -1.00. The third-order valence-electron chi connectivity index (χ3n) is 13.6. The molecule has 0 saturated carbocycles. The second kappa shape index (κ2) is 30.2. The summed E-state index contributed by atoms with van der Waals surface area (Å²) >= 11 is 0. The molecule has 0 radical (unpaired) electrons. The smallest absolute Gasteiger partial charge is 0.870 e. The number of aliphatic carboxylic acids is 1. The molecule has 4 N–H and O–H groups in total. The van der Waals surface area contributed by atoms with Crippen molar-refractivity contribution in [2.24, 2.45) is 0 Å². The van der Waals surface area contributed by atoms with E-state index in [-0.39, 0.29) is 65.3 Å². The van der Waals surface area contributed by atoms with E-state index in [4.69, 9.17) is 4.74 Å². The van der Waals surface area contributed by atoms with E-state index < -0.39 is 35.9 Å². The van der Waals surface area contributed by atoms with Crippen molar-refractivity contribution in [3.63, 3.8) is 0 Å². The van der Waals surface area contributed by atoms with Crippen molar-refractivity contribution in [2.45, 2.75) is 61.7 Å². The molecule has 0 unspecified atom stereocenters. The Morgan fingerprint density at radius 1 is 0.566 bits per heavy atom. The number of carbonyl (C=O) groups excluding carboxylic acids is 3. The fourth-order valence-corrected chi connectivity index (χ4v) is 9.54. The van der Waals surface area contributed by atoms with Gasteiger partial charge in [0.25, 0.3) is 0 Å². The van der Waals surface area contributed by atoms with E-state index in [1.54, 1.807) is 29.2 Å². The molecule has 0 bridgehead atoms. The van der Waals surface area contributed by atoms with E-state index in [0.717, 1.165) is 33.4 Å². The van der Waals surface area contributed by atoms with E-state index in [9.17, 15) is 33.1 Å². The van der Waals surface area contributed by atoms with Crippen LogP contribution in [0.25, 0.3) is 0 Å². The number of rotatable bonds is 12. The number of esters is 1. The number of piperidine rings is 2. The first kappa shape index (κ1) is 61.2. The minimum absolute atomic E-state index is 0. The number of carboxylic acids is 1. The molecule has 2 saturated heterocycles. The zero-order valence-electron chi connectivity index (χ0n) is 43.3. The molecule has 2 aliphatic rings. The molecule has 2 amide bonds. The van der Waals surface area contributed by atoms with Crippen LogP contribution in [-0.2, 0) is 23.9 Å². The molecule has 8 rings (SSSR count). The van der Waals surface area contributed by atoms with Crippen LogP contribution in [0.2, 0.25) is 0 Å². The van der Waals surface area contributed by atoms with Crippen molar-refractivity contribution in [3.05, 3.63) is 215 Å². The summed E-state index contributed by atoms with van der Waals surface area (Å²) in [5.41, 5.74) is 4.92. The van der Waals surface area contributed by atoms with Crippen LogP contribution in [0.3, 0.4) is 0 Å². The normalized spacial score (nSPS) is 16.7. The van der Waals surface area contributed by atoms with Crippen molar-refractivity contribution in [1.29, 1.82) is 0 Å². The number of hydrogen-bond acceptors (Lipinski definition) is 8. The van der Waals surface area contributed by atoms with Gasteiger partial charge in [0.05, 0.1) is 32.0 Å². The van der Waals surface area contributed by atoms with E-state index in [1.165, 1.54) is 36.3 Å². The Balaban J connectivity index is 0.000000316. The van der Waals surface area contributed by atoms with Crippen LogP contribution >= 0.6 is 0 Å².